The lowest BCUT2D eigenvalue weighted by molar-refractivity contribution is 0.390. The number of nitrogens with one attached hydrogen (secondary N) is 1. The van der Waals surface area contributed by atoms with Crippen molar-refractivity contribution in [1.29, 1.82) is 0 Å². The summed E-state index contributed by atoms with van der Waals surface area (Å²) in [7, 11) is -3.49. The first-order valence-electron chi connectivity index (χ1n) is 5.85. The minimum absolute atomic E-state index is 0.0451. The van der Waals surface area contributed by atoms with Crippen LogP contribution in [0.1, 0.15) is 37.6 Å². The Morgan fingerprint density at radius 1 is 1.35 bits per heavy atom. The Kier molecular flexibility index (Phi) is 3.27. The van der Waals surface area contributed by atoms with Crippen LogP contribution in [0.25, 0.3) is 0 Å². The third-order valence-electron chi connectivity index (χ3n) is 3.25. The highest BCUT2D eigenvalue weighted by atomic mass is 32.2. The molecule has 1 aliphatic carbocycles. The highest BCUT2D eigenvalue weighted by molar-refractivity contribution is 7.89. The second kappa shape index (κ2) is 4.42. The van der Waals surface area contributed by atoms with Gasteiger partial charge in [-0.2, -0.15) is 0 Å². The van der Waals surface area contributed by atoms with E-state index < -0.39 is 10.0 Å². The molecule has 1 heterocycles. The van der Waals surface area contributed by atoms with Crippen LogP contribution in [0, 0.1) is 19.8 Å². The third-order valence-corrected chi connectivity index (χ3v) is 5.02. The van der Waals surface area contributed by atoms with E-state index in [-0.39, 0.29) is 10.9 Å². The van der Waals surface area contributed by atoms with Gasteiger partial charge in [0, 0.05) is 6.04 Å². The number of sulfonamides is 1. The van der Waals surface area contributed by atoms with Gasteiger partial charge < -0.3 is 4.52 Å². The molecular weight excluding hydrogens is 240 g/mol. The van der Waals surface area contributed by atoms with Gasteiger partial charge in [0.25, 0.3) is 0 Å². The normalized spacial score (nSPS) is 25.4. The van der Waals surface area contributed by atoms with Crippen molar-refractivity contribution in [3.63, 3.8) is 0 Å². The zero-order valence-corrected chi connectivity index (χ0v) is 11.2. The zero-order chi connectivity index (χ0) is 12.6. The molecule has 2 rings (SSSR count). The van der Waals surface area contributed by atoms with Crippen molar-refractivity contribution in [3.05, 3.63) is 11.5 Å². The molecule has 5 nitrogen and oxygen atoms in total. The zero-order valence-electron chi connectivity index (χ0n) is 10.4. The number of aryl methyl sites for hydroxylation is 2. The average Bonchev–Trinajstić information content (AvgIpc) is 2.73. The van der Waals surface area contributed by atoms with Gasteiger partial charge in [-0.05, 0) is 39.0 Å². The van der Waals surface area contributed by atoms with Gasteiger partial charge in [-0.25, -0.2) is 13.1 Å². The minimum atomic E-state index is -3.49. The van der Waals surface area contributed by atoms with E-state index >= 15 is 0 Å². The molecule has 1 fully saturated rings. The second-order valence-electron chi connectivity index (χ2n) is 4.89. The van der Waals surface area contributed by atoms with Gasteiger partial charge in [-0.1, -0.05) is 12.1 Å². The first-order chi connectivity index (χ1) is 7.90. The lowest BCUT2D eigenvalue weighted by Gasteiger charge is -2.12. The van der Waals surface area contributed by atoms with Crippen LogP contribution < -0.4 is 4.72 Å². The Balaban J connectivity index is 2.20. The lowest BCUT2D eigenvalue weighted by atomic mass is 10.1. The van der Waals surface area contributed by atoms with Crippen molar-refractivity contribution in [2.24, 2.45) is 5.92 Å². The van der Waals surface area contributed by atoms with Crippen LogP contribution in [0.2, 0.25) is 0 Å². The Hall–Kier alpha value is -0.880. The van der Waals surface area contributed by atoms with Gasteiger partial charge in [0.2, 0.25) is 10.0 Å². The summed E-state index contributed by atoms with van der Waals surface area (Å²) in [5, 5.41) is 3.68. The fraction of sp³-hybridized carbons (Fsp3) is 0.727. The van der Waals surface area contributed by atoms with Gasteiger partial charge in [0.05, 0.1) is 0 Å². The highest BCUT2D eigenvalue weighted by Gasteiger charge is 2.30. The third kappa shape index (κ3) is 2.52. The molecule has 1 N–H and O–H groups in total. The van der Waals surface area contributed by atoms with Crippen molar-refractivity contribution in [2.75, 3.05) is 0 Å². The summed E-state index contributed by atoms with van der Waals surface area (Å²) in [6.45, 7) is 5.40. The summed E-state index contributed by atoms with van der Waals surface area (Å²) in [6, 6.07) is 0.0451. The van der Waals surface area contributed by atoms with Crippen LogP contribution in [0.4, 0.5) is 0 Å². The summed E-state index contributed by atoms with van der Waals surface area (Å²) in [5.74, 6) is 0.938. The molecule has 96 valence electrons. The first-order valence-corrected chi connectivity index (χ1v) is 7.33. The first kappa shape index (κ1) is 12.6. The van der Waals surface area contributed by atoms with Gasteiger partial charge >= 0.3 is 0 Å². The smallest absolute Gasteiger partial charge is 0.246 e. The Labute approximate surface area is 102 Å². The number of hydrogen-bond donors (Lipinski definition) is 1. The predicted octanol–water partition coefficient (Wildman–Crippen LogP) is 1.76. The summed E-state index contributed by atoms with van der Waals surface area (Å²) >= 11 is 0. The van der Waals surface area contributed by atoms with Crippen LogP contribution in [-0.4, -0.2) is 19.6 Å². The summed E-state index contributed by atoms with van der Waals surface area (Å²) in [6.07, 6.45) is 2.89. The molecule has 0 bridgehead atoms. The van der Waals surface area contributed by atoms with Gasteiger partial charge in [0.1, 0.15) is 10.6 Å². The Bertz CT molecular complexity index is 487. The van der Waals surface area contributed by atoms with Gasteiger partial charge in [-0.15, -0.1) is 0 Å². The molecule has 0 aromatic carbocycles. The maximum atomic E-state index is 12.2. The van der Waals surface area contributed by atoms with E-state index in [9.17, 15) is 8.42 Å². The van der Waals surface area contributed by atoms with E-state index in [1.54, 1.807) is 13.8 Å². The van der Waals surface area contributed by atoms with Gasteiger partial charge in [-0.3, -0.25) is 0 Å². The van der Waals surface area contributed by atoms with Crippen LogP contribution >= 0.6 is 0 Å². The average molecular weight is 258 g/mol. The van der Waals surface area contributed by atoms with E-state index in [1.165, 1.54) is 0 Å². The van der Waals surface area contributed by atoms with Crippen LogP contribution in [0.5, 0.6) is 0 Å². The molecule has 0 radical (unpaired) electrons. The Morgan fingerprint density at radius 2 is 2.06 bits per heavy atom. The van der Waals surface area contributed by atoms with E-state index in [0.717, 1.165) is 19.3 Å². The largest absolute Gasteiger partial charge is 0.360 e. The van der Waals surface area contributed by atoms with Crippen molar-refractivity contribution in [2.45, 2.75) is 51.0 Å². The lowest BCUT2D eigenvalue weighted by Crippen LogP contribution is -2.33. The molecule has 0 saturated heterocycles. The summed E-state index contributed by atoms with van der Waals surface area (Å²) < 4.78 is 32.0. The number of hydrogen-bond acceptors (Lipinski definition) is 4. The molecule has 2 atom stereocenters. The fourth-order valence-corrected chi connectivity index (χ4v) is 4.06. The highest BCUT2D eigenvalue weighted by Crippen LogP contribution is 2.27. The van der Waals surface area contributed by atoms with E-state index in [4.69, 9.17) is 4.52 Å². The topological polar surface area (TPSA) is 72.2 Å². The number of nitrogens with zero attached hydrogens (tertiary/aromatic N) is 1. The molecule has 1 aromatic heterocycles. The van der Waals surface area contributed by atoms with Crippen molar-refractivity contribution in [1.82, 2.24) is 9.88 Å². The molecule has 0 aliphatic heterocycles. The monoisotopic (exact) mass is 258 g/mol. The molecule has 1 aromatic rings. The number of rotatable bonds is 3. The second-order valence-corrected chi connectivity index (χ2v) is 6.54. The summed E-state index contributed by atoms with van der Waals surface area (Å²) in [4.78, 5) is 0.192. The standard InChI is InChI=1S/C11H18N2O3S/c1-7-4-5-10(6-7)13-17(14,15)11-8(2)12-16-9(11)3/h7,10,13H,4-6H2,1-3H3. The maximum Gasteiger partial charge on any atom is 0.246 e. The van der Waals surface area contributed by atoms with Crippen LogP contribution in [0.15, 0.2) is 9.42 Å². The molecule has 0 amide bonds. The maximum absolute atomic E-state index is 12.2. The quantitative estimate of drug-likeness (QED) is 0.896. The molecule has 6 heteroatoms. The fourth-order valence-electron chi connectivity index (χ4n) is 2.45. The predicted molar refractivity (Wildman–Crippen MR) is 63.1 cm³/mol. The van der Waals surface area contributed by atoms with Crippen molar-refractivity contribution in [3.8, 4) is 0 Å². The van der Waals surface area contributed by atoms with Crippen molar-refractivity contribution < 1.29 is 12.9 Å². The minimum Gasteiger partial charge on any atom is -0.360 e. The molecule has 1 aliphatic rings. The Morgan fingerprint density at radius 3 is 2.53 bits per heavy atom. The number of aromatic nitrogens is 1. The van der Waals surface area contributed by atoms with E-state index in [2.05, 4.69) is 16.8 Å². The van der Waals surface area contributed by atoms with Gasteiger partial charge in [0.15, 0.2) is 5.76 Å². The van der Waals surface area contributed by atoms with Crippen molar-refractivity contribution >= 4 is 10.0 Å². The van der Waals surface area contributed by atoms with Crippen LogP contribution in [-0.2, 0) is 10.0 Å². The summed E-state index contributed by atoms with van der Waals surface area (Å²) in [5.41, 5.74) is 0.418. The molecule has 17 heavy (non-hydrogen) atoms. The van der Waals surface area contributed by atoms with Crippen LogP contribution in [0.3, 0.4) is 0 Å². The molecule has 2 unspecified atom stereocenters. The molecule has 1 saturated carbocycles. The van der Waals surface area contributed by atoms with E-state index in [1.807, 2.05) is 0 Å². The molecule has 0 spiro atoms. The van der Waals surface area contributed by atoms with E-state index in [0.29, 0.717) is 17.4 Å². The molecular formula is C11H18N2O3S. The SMILES string of the molecule is Cc1noc(C)c1S(=O)(=O)NC1CCC(C)C1.